The maximum atomic E-state index is 11.2. The van der Waals surface area contributed by atoms with Crippen LogP contribution in [0.1, 0.15) is 30.5 Å². The van der Waals surface area contributed by atoms with Gasteiger partial charge in [-0.1, -0.05) is 52.6 Å². The fourth-order valence-corrected chi connectivity index (χ4v) is 2.91. The summed E-state index contributed by atoms with van der Waals surface area (Å²) in [5, 5.41) is 14.4. The molecule has 0 spiro atoms. The lowest BCUT2D eigenvalue weighted by atomic mass is 10.0. The summed E-state index contributed by atoms with van der Waals surface area (Å²) in [6, 6.07) is 12.7. The number of carboxylic acids is 1. The zero-order valence-corrected chi connectivity index (χ0v) is 16.6. The van der Waals surface area contributed by atoms with E-state index in [4.69, 9.17) is 32.8 Å². The van der Waals surface area contributed by atoms with E-state index in [0.29, 0.717) is 22.4 Å². The summed E-state index contributed by atoms with van der Waals surface area (Å²) in [5.74, 6) is -0.976. The first kappa shape index (κ1) is 21.2. The van der Waals surface area contributed by atoms with Gasteiger partial charge < -0.3 is 14.7 Å². The number of hydrogen-bond donors (Lipinski definition) is 1. The molecule has 0 bridgehead atoms. The molecule has 27 heavy (non-hydrogen) atoms. The molecule has 0 fully saturated rings. The minimum absolute atomic E-state index is 0.221. The molecule has 2 rings (SSSR count). The molecule has 0 amide bonds. The van der Waals surface area contributed by atoms with Gasteiger partial charge in [0.15, 0.2) is 6.10 Å². The Hall–Kier alpha value is -2.08. The molecule has 2 aromatic carbocycles. The highest BCUT2D eigenvalue weighted by atomic mass is 35.5. The smallest absolute Gasteiger partial charge is 0.333 e. The summed E-state index contributed by atoms with van der Waals surface area (Å²) in [4.78, 5) is 16.6. The molecule has 5 nitrogen and oxygen atoms in total. The fourth-order valence-electron chi connectivity index (χ4n) is 2.45. The number of aliphatic carboxylic acids is 1. The molecule has 0 aliphatic carbocycles. The van der Waals surface area contributed by atoms with Crippen molar-refractivity contribution in [3.8, 4) is 0 Å². The van der Waals surface area contributed by atoms with Gasteiger partial charge in [0.05, 0.1) is 5.71 Å². The monoisotopic (exact) mass is 409 g/mol. The van der Waals surface area contributed by atoms with Crippen LogP contribution in [0.25, 0.3) is 0 Å². The summed E-state index contributed by atoms with van der Waals surface area (Å²) in [7, 11) is 0. The quantitative estimate of drug-likeness (QED) is 0.468. The summed E-state index contributed by atoms with van der Waals surface area (Å²) < 4.78 is 5.26. The highest BCUT2D eigenvalue weighted by Gasteiger charge is 2.18. The predicted octanol–water partition coefficient (Wildman–Crippen LogP) is 4.97. The summed E-state index contributed by atoms with van der Waals surface area (Å²) in [6.07, 6.45) is -0.586. The van der Waals surface area contributed by atoms with Crippen LogP contribution in [0, 0.1) is 0 Å². The third kappa shape index (κ3) is 6.54. The number of carboxylic acid groups (broad SMARTS) is 1. The second kappa shape index (κ2) is 10.3. The maximum Gasteiger partial charge on any atom is 0.333 e. The lowest BCUT2D eigenvalue weighted by Crippen LogP contribution is -2.26. The number of rotatable bonds is 9. The van der Waals surface area contributed by atoms with Crippen LogP contribution in [-0.2, 0) is 27.4 Å². The highest BCUT2D eigenvalue weighted by Crippen LogP contribution is 2.21. The maximum absolute atomic E-state index is 11.2. The SMILES string of the molecule is CCOC(Cc1cccc(/C(C)=N/OCc2ccc(Cl)cc2Cl)c1)C(=O)O. The molecule has 0 aromatic heterocycles. The molecule has 0 aliphatic rings. The Morgan fingerprint density at radius 1 is 1.22 bits per heavy atom. The second-order valence-electron chi connectivity index (χ2n) is 5.87. The Morgan fingerprint density at radius 2 is 2.00 bits per heavy atom. The predicted molar refractivity (Wildman–Crippen MR) is 107 cm³/mol. The topological polar surface area (TPSA) is 68.1 Å². The molecule has 0 heterocycles. The van der Waals surface area contributed by atoms with Gasteiger partial charge in [0.1, 0.15) is 6.61 Å². The number of oxime groups is 1. The highest BCUT2D eigenvalue weighted by molar-refractivity contribution is 6.35. The molecular formula is C20H21Cl2NO4. The largest absolute Gasteiger partial charge is 0.479 e. The summed E-state index contributed by atoms with van der Waals surface area (Å²) in [5.41, 5.74) is 3.15. The van der Waals surface area contributed by atoms with Gasteiger partial charge in [-0.15, -0.1) is 0 Å². The number of benzene rings is 2. The van der Waals surface area contributed by atoms with Gasteiger partial charge >= 0.3 is 5.97 Å². The third-order valence-electron chi connectivity index (χ3n) is 3.85. The second-order valence-corrected chi connectivity index (χ2v) is 6.72. The van der Waals surface area contributed by atoms with Gasteiger partial charge in [-0.2, -0.15) is 0 Å². The number of carbonyl (C=O) groups is 1. The van der Waals surface area contributed by atoms with Crippen molar-refractivity contribution >= 4 is 34.9 Å². The first-order chi connectivity index (χ1) is 12.9. The number of ether oxygens (including phenoxy) is 1. The van der Waals surface area contributed by atoms with E-state index in [1.165, 1.54) is 0 Å². The van der Waals surface area contributed by atoms with Gasteiger partial charge in [0, 0.05) is 28.6 Å². The van der Waals surface area contributed by atoms with Crippen LogP contribution in [0.4, 0.5) is 0 Å². The van der Waals surface area contributed by atoms with E-state index in [-0.39, 0.29) is 13.0 Å². The van der Waals surface area contributed by atoms with Crippen molar-refractivity contribution in [3.05, 3.63) is 69.2 Å². The number of hydrogen-bond acceptors (Lipinski definition) is 4. The lowest BCUT2D eigenvalue weighted by molar-refractivity contribution is -0.149. The van der Waals surface area contributed by atoms with Crippen molar-refractivity contribution < 1.29 is 19.5 Å². The zero-order chi connectivity index (χ0) is 19.8. The minimum atomic E-state index is -0.976. The molecule has 7 heteroatoms. The van der Waals surface area contributed by atoms with E-state index in [1.807, 2.05) is 31.2 Å². The Bertz CT molecular complexity index is 823. The van der Waals surface area contributed by atoms with Crippen molar-refractivity contribution in [1.82, 2.24) is 0 Å². The molecule has 1 atom stereocenters. The van der Waals surface area contributed by atoms with Crippen molar-refractivity contribution in [2.24, 2.45) is 5.16 Å². The van der Waals surface area contributed by atoms with Crippen LogP contribution in [0.5, 0.6) is 0 Å². The van der Waals surface area contributed by atoms with Crippen LogP contribution >= 0.6 is 23.2 Å². The third-order valence-corrected chi connectivity index (χ3v) is 4.43. The van der Waals surface area contributed by atoms with E-state index in [1.54, 1.807) is 25.1 Å². The molecule has 144 valence electrons. The van der Waals surface area contributed by atoms with Gasteiger partial charge in [0.25, 0.3) is 0 Å². The van der Waals surface area contributed by atoms with Gasteiger partial charge in [-0.05, 0) is 43.2 Å². The van der Waals surface area contributed by atoms with E-state index in [9.17, 15) is 9.90 Å². The summed E-state index contributed by atoms with van der Waals surface area (Å²) >= 11 is 12.0. The molecule has 1 unspecified atom stereocenters. The molecule has 0 saturated heterocycles. The molecule has 1 N–H and O–H groups in total. The first-order valence-corrected chi connectivity index (χ1v) is 9.20. The average molecular weight is 410 g/mol. The Balaban J connectivity index is 2.04. The van der Waals surface area contributed by atoms with Crippen molar-refractivity contribution in [2.75, 3.05) is 6.61 Å². The van der Waals surface area contributed by atoms with Crippen molar-refractivity contribution in [1.29, 1.82) is 0 Å². The van der Waals surface area contributed by atoms with Crippen LogP contribution in [0.15, 0.2) is 47.6 Å². The molecule has 0 aliphatic heterocycles. The molecule has 0 radical (unpaired) electrons. The fraction of sp³-hybridized carbons (Fsp3) is 0.300. The number of nitrogens with zero attached hydrogens (tertiary/aromatic N) is 1. The van der Waals surface area contributed by atoms with Gasteiger partial charge in [0.2, 0.25) is 0 Å². The summed E-state index contributed by atoms with van der Waals surface area (Å²) in [6.45, 7) is 4.16. The Morgan fingerprint density at radius 3 is 2.67 bits per heavy atom. The van der Waals surface area contributed by atoms with Crippen LogP contribution in [0.3, 0.4) is 0 Å². The van der Waals surface area contributed by atoms with Crippen molar-refractivity contribution in [3.63, 3.8) is 0 Å². The Kier molecular flexibility index (Phi) is 8.10. The first-order valence-electron chi connectivity index (χ1n) is 8.45. The van der Waals surface area contributed by atoms with E-state index >= 15 is 0 Å². The number of halogens is 2. The minimum Gasteiger partial charge on any atom is -0.479 e. The molecular weight excluding hydrogens is 389 g/mol. The van der Waals surface area contributed by atoms with Crippen molar-refractivity contribution in [2.45, 2.75) is 33.0 Å². The van der Waals surface area contributed by atoms with Crippen LogP contribution in [-0.4, -0.2) is 29.5 Å². The van der Waals surface area contributed by atoms with Crippen LogP contribution < -0.4 is 0 Å². The Labute approximate surface area is 168 Å². The normalized spacial score (nSPS) is 12.7. The van der Waals surface area contributed by atoms with Gasteiger partial charge in [-0.25, -0.2) is 4.79 Å². The van der Waals surface area contributed by atoms with Gasteiger partial charge in [-0.3, -0.25) is 0 Å². The molecule has 2 aromatic rings. The zero-order valence-electron chi connectivity index (χ0n) is 15.1. The average Bonchev–Trinajstić information content (AvgIpc) is 2.63. The van der Waals surface area contributed by atoms with Crippen LogP contribution in [0.2, 0.25) is 10.0 Å². The van der Waals surface area contributed by atoms with E-state index in [0.717, 1.165) is 16.7 Å². The van der Waals surface area contributed by atoms with E-state index < -0.39 is 12.1 Å². The molecule has 0 saturated carbocycles. The van der Waals surface area contributed by atoms with E-state index in [2.05, 4.69) is 5.16 Å². The standard InChI is InChI=1S/C20H21Cl2NO4/c1-3-26-19(20(24)25)10-14-5-4-6-15(9-14)13(2)23-27-12-16-7-8-17(21)11-18(16)22/h4-9,11,19H,3,10,12H2,1-2H3,(H,24,25)/b23-13+. The lowest BCUT2D eigenvalue weighted by Gasteiger charge is -2.13.